The number of aromatic nitrogens is 4. The Kier molecular flexibility index (Phi) is 2.95. The van der Waals surface area contributed by atoms with Crippen molar-refractivity contribution in [1.82, 2.24) is 20.1 Å². The summed E-state index contributed by atoms with van der Waals surface area (Å²) in [7, 11) is 1.56. The Balaban J connectivity index is 1.94. The second-order valence-corrected chi connectivity index (χ2v) is 3.04. The minimum absolute atomic E-state index is 0.396. The van der Waals surface area contributed by atoms with Crippen LogP contribution in [-0.4, -0.2) is 27.2 Å². The number of nitrogens with one attached hydrogen (secondary N) is 1. The van der Waals surface area contributed by atoms with Crippen molar-refractivity contribution in [2.45, 2.75) is 13.5 Å². The van der Waals surface area contributed by atoms with Gasteiger partial charge in [-0.25, -0.2) is 9.97 Å². The molecule has 7 nitrogen and oxygen atoms in total. The van der Waals surface area contributed by atoms with E-state index in [1.54, 1.807) is 26.4 Å². The van der Waals surface area contributed by atoms with E-state index in [4.69, 9.17) is 9.26 Å². The molecule has 0 saturated heterocycles. The molecule has 0 atom stereocenters. The molecule has 0 fully saturated rings. The van der Waals surface area contributed by atoms with Crippen LogP contribution in [0.5, 0.6) is 5.75 Å². The van der Waals surface area contributed by atoms with Gasteiger partial charge in [0.2, 0.25) is 11.8 Å². The van der Waals surface area contributed by atoms with Crippen molar-refractivity contribution in [1.29, 1.82) is 0 Å². The second kappa shape index (κ2) is 4.56. The molecular formula is C9H11N5O2. The predicted octanol–water partition coefficient (Wildman–Crippen LogP) is 0.789. The van der Waals surface area contributed by atoms with Crippen molar-refractivity contribution in [3.8, 4) is 5.75 Å². The molecule has 2 heterocycles. The molecule has 84 valence electrons. The SMILES string of the molecule is COc1cnc(NCc2nc(C)no2)nc1. The Hall–Kier alpha value is -2.18. The van der Waals surface area contributed by atoms with Gasteiger partial charge in [-0.05, 0) is 6.92 Å². The van der Waals surface area contributed by atoms with Gasteiger partial charge in [0.25, 0.3) is 0 Å². The van der Waals surface area contributed by atoms with Gasteiger partial charge in [-0.15, -0.1) is 0 Å². The van der Waals surface area contributed by atoms with Crippen LogP contribution in [0.2, 0.25) is 0 Å². The first-order chi connectivity index (χ1) is 7.78. The number of nitrogens with zero attached hydrogens (tertiary/aromatic N) is 4. The van der Waals surface area contributed by atoms with E-state index in [0.717, 1.165) is 0 Å². The second-order valence-electron chi connectivity index (χ2n) is 3.04. The highest BCUT2D eigenvalue weighted by Crippen LogP contribution is 2.07. The largest absolute Gasteiger partial charge is 0.494 e. The first kappa shape index (κ1) is 10.3. The third kappa shape index (κ3) is 2.44. The summed E-state index contributed by atoms with van der Waals surface area (Å²) in [6.45, 7) is 2.16. The number of anilines is 1. The summed E-state index contributed by atoms with van der Waals surface area (Å²) < 4.78 is 9.87. The Morgan fingerprint density at radius 2 is 2.12 bits per heavy atom. The van der Waals surface area contributed by atoms with E-state index in [1.807, 2.05) is 0 Å². The van der Waals surface area contributed by atoms with Crippen molar-refractivity contribution >= 4 is 5.95 Å². The number of hydrogen-bond acceptors (Lipinski definition) is 7. The fourth-order valence-corrected chi connectivity index (χ4v) is 1.08. The predicted molar refractivity (Wildman–Crippen MR) is 54.9 cm³/mol. The van der Waals surface area contributed by atoms with Gasteiger partial charge in [-0.1, -0.05) is 5.16 Å². The summed E-state index contributed by atoms with van der Waals surface area (Å²) in [6, 6.07) is 0. The molecule has 0 aliphatic rings. The van der Waals surface area contributed by atoms with E-state index >= 15 is 0 Å². The van der Waals surface area contributed by atoms with E-state index in [-0.39, 0.29) is 0 Å². The molecular weight excluding hydrogens is 210 g/mol. The van der Waals surface area contributed by atoms with Crippen molar-refractivity contribution in [2.24, 2.45) is 0 Å². The van der Waals surface area contributed by atoms with E-state index in [9.17, 15) is 0 Å². The summed E-state index contributed by atoms with van der Waals surface area (Å²) in [4.78, 5) is 12.1. The van der Waals surface area contributed by atoms with Crippen LogP contribution < -0.4 is 10.1 Å². The van der Waals surface area contributed by atoms with Crippen LogP contribution in [0.3, 0.4) is 0 Å². The van der Waals surface area contributed by atoms with Crippen LogP contribution in [0.1, 0.15) is 11.7 Å². The fraction of sp³-hybridized carbons (Fsp3) is 0.333. The normalized spacial score (nSPS) is 10.1. The maximum absolute atomic E-state index is 4.94. The third-order valence-electron chi connectivity index (χ3n) is 1.83. The molecule has 0 aliphatic heterocycles. The molecule has 16 heavy (non-hydrogen) atoms. The Morgan fingerprint density at radius 3 is 2.69 bits per heavy atom. The highest BCUT2D eigenvalue weighted by Gasteiger charge is 2.03. The van der Waals surface area contributed by atoms with E-state index in [1.165, 1.54) is 0 Å². The molecule has 0 radical (unpaired) electrons. The smallest absolute Gasteiger partial charge is 0.246 e. The van der Waals surface area contributed by atoms with Gasteiger partial charge in [0.05, 0.1) is 26.0 Å². The van der Waals surface area contributed by atoms with Crippen LogP contribution in [-0.2, 0) is 6.54 Å². The maximum atomic E-state index is 4.94. The van der Waals surface area contributed by atoms with Crippen molar-refractivity contribution in [3.05, 3.63) is 24.1 Å². The van der Waals surface area contributed by atoms with Crippen molar-refractivity contribution < 1.29 is 9.26 Å². The molecule has 1 N–H and O–H groups in total. The number of aryl methyl sites for hydroxylation is 1. The summed E-state index contributed by atoms with van der Waals surface area (Å²) in [5.74, 6) is 2.19. The molecule has 0 saturated carbocycles. The van der Waals surface area contributed by atoms with Gasteiger partial charge in [-0.2, -0.15) is 4.98 Å². The van der Waals surface area contributed by atoms with Crippen LogP contribution in [0.4, 0.5) is 5.95 Å². The van der Waals surface area contributed by atoms with Crippen molar-refractivity contribution in [3.63, 3.8) is 0 Å². The lowest BCUT2D eigenvalue weighted by Crippen LogP contribution is -2.03. The monoisotopic (exact) mass is 221 g/mol. The topological polar surface area (TPSA) is 86.0 Å². The molecule has 7 heteroatoms. The molecule has 0 spiro atoms. The standard InChI is InChI=1S/C9H11N5O2/c1-6-13-8(16-14-6)5-12-9-10-3-7(15-2)4-11-9/h3-4H,5H2,1-2H3,(H,10,11,12). The number of rotatable bonds is 4. The lowest BCUT2D eigenvalue weighted by atomic mass is 10.6. The maximum Gasteiger partial charge on any atom is 0.246 e. The lowest BCUT2D eigenvalue weighted by molar-refractivity contribution is 0.379. The zero-order valence-electron chi connectivity index (χ0n) is 8.97. The van der Waals surface area contributed by atoms with Gasteiger partial charge in [-0.3, -0.25) is 0 Å². The van der Waals surface area contributed by atoms with Crippen molar-refractivity contribution in [2.75, 3.05) is 12.4 Å². The molecule has 0 unspecified atom stereocenters. The summed E-state index contributed by atoms with van der Waals surface area (Å²) in [5.41, 5.74) is 0. The van der Waals surface area contributed by atoms with Gasteiger partial charge in [0, 0.05) is 0 Å². The van der Waals surface area contributed by atoms with E-state index in [0.29, 0.717) is 30.0 Å². The molecule has 0 amide bonds. The first-order valence-corrected chi connectivity index (χ1v) is 4.67. The quantitative estimate of drug-likeness (QED) is 0.816. The lowest BCUT2D eigenvalue weighted by Gasteiger charge is -2.01. The third-order valence-corrected chi connectivity index (χ3v) is 1.83. The number of hydrogen-bond donors (Lipinski definition) is 1. The van der Waals surface area contributed by atoms with Gasteiger partial charge >= 0.3 is 0 Å². The van der Waals surface area contributed by atoms with Crippen LogP contribution >= 0.6 is 0 Å². The van der Waals surface area contributed by atoms with E-state index < -0.39 is 0 Å². The first-order valence-electron chi connectivity index (χ1n) is 4.67. The van der Waals surface area contributed by atoms with Crippen LogP contribution in [0, 0.1) is 6.92 Å². The number of methoxy groups -OCH3 is 1. The average molecular weight is 221 g/mol. The minimum atomic E-state index is 0.396. The summed E-state index contributed by atoms with van der Waals surface area (Å²) in [6.07, 6.45) is 3.16. The van der Waals surface area contributed by atoms with Gasteiger partial charge < -0.3 is 14.6 Å². The average Bonchev–Trinajstić information content (AvgIpc) is 2.73. The molecule has 0 bridgehead atoms. The highest BCUT2D eigenvalue weighted by atomic mass is 16.5. The molecule has 2 rings (SSSR count). The summed E-state index contributed by atoms with van der Waals surface area (Å²) >= 11 is 0. The van der Waals surface area contributed by atoms with Gasteiger partial charge in [0.1, 0.15) is 0 Å². The van der Waals surface area contributed by atoms with Gasteiger partial charge in [0.15, 0.2) is 11.6 Å². The zero-order chi connectivity index (χ0) is 11.4. The Labute approximate surface area is 91.9 Å². The molecule has 2 aromatic heterocycles. The zero-order valence-corrected chi connectivity index (χ0v) is 8.97. The molecule has 2 aromatic rings. The fourth-order valence-electron chi connectivity index (χ4n) is 1.08. The minimum Gasteiger partial charge on any atom is -0.494 e. The van der Waals surface area contributed by atoms with Crippen LogP contribution in [0.25, 0.3) is 0 Å². The molecule has 0 aliphatic carbocycles. The van der Waals surface area contributed by atoms with E-state index in [2.05, 4.69) is 25.4 Å². The Morgan fingerprint density at radius 1 is 1.38 bits per heavy atom. The molecule has 0 aromatic carbocycles. The number of ether oxygens (including phenoxy) is 1. The Bertz CT molecular complexity index is 453. The van der Waals surface area contributed by atoms with Crippen LogP contribution in [0.15, 0.2) is 16.9 Å². The summed E-state index contributed by atoms with van der Waals surface area (Å²) in [5, 5.41) is 6.62. The highest BCUT2D eigenvalue weighted by molar-refractivity contribution is 5.26.